The van der Waals surface area contributed by atoms with Gasteiger partial charge in [0.2, 0.25) is 0 Å². The minimum absolute atomic E-state index is 0.0647. The van der Waals surface area contributed by atoms with Gasteiger partial charge in [-0.3, -0.25) is 0 Å². The quantitative estimate of drug-likeness (QED) is 0.746. The van der Waals surface area contributed by atoms with Gasteiger partial charge in [0.25, 0.3) is 0 Å². The molecular weight excluding hydrogens is 378 g/mol. The molecule has 4 bridgehead atoms. The molecule has 2 heterocycles. The molecule has 0 aromatic heterocycles. The number of benzene rings is 1. The first kappa shape index (κ1) is 19.1. The van der Waals surface area contributed by atoms with Gasteiger partial charge in [0.1, 0.15) is 11.7 Å². The average Bonchev–Trinajstić information content (AvgIpc) is 3.09. The molecule has 2 N–H and O–H groups in total. The van der Waals surface area contributed by atoms with Crippen molar-refractivity contribution < 1.29 is 19.7 Å². The normalized spacial score (nSPS) is 44.5. The van der Waals surface area contributed by atoms with Crippen LogP contribution >= 0.6 is 0 Å². The first-order valence-electron chi connectivity index (χ1n) is 11.5. The summed E-state index contributed by atoms with van der Waals surface area (Å²) in [5, 5.41) is 22.4. The number of phenolic OH excluding ortho intramolecular Hbond substituents is 1. The van der Waals surface area contributed by atoms with Gasteiger partial charge < -0.3 is 24.6 Å². The van der Waals surface area contributed by atoms with E-state index in [4.69, 9.17) is 9.47 Å². The highest BCUT2D eigenvalue weighted by Crippen LogP contribution is 2.75. The molecule has 7 rings (SSSR count). The molecule has 1 aromatic carbocycles. The summed E-state index contributed by atoms with van der Waals surface area (Å²) in [6.45, 7) is 5.11. The van der Waals surface area contributed by atoms with Gasteiger partial charge in [-0.2, -0.15) is 0 Å². The van der Waals surface area contributed by atoms with E-state index in [1.165, 1.54) is 11.1 Å². The van der Waals surface area contributed by atoms with Crippen molar-refractivity contribution in [3.8, 4) is 11.5 Å². The van der Waals surface area contributed by atoms with Gasteiger partial charge in [0.15, 0.2) is 11.5 Å². The minimum Gasteiger partial charge on any atom is -0.504 e. The van der Waals surface area contributed by atoms with Crippen LogP contribution in [0.4, 0.5) is 0 Å². The molecular formula is C25H33NO4. The highest BCUT2D eigenvalue weighted by atomic mass is 16.6. The largest absolute Gasteiger partial charge is 0.504 e. The smallest absolute Gasteiger partial charge is 0.165 e. The monoisotopic (exact) mass is 411 g/mol. The van der Waals surface area contributed by atoms with Gasteiger partial charge in [-0.1, -0.05) is 31.6 Å². The van der Waals surface area contributed by atoms with E-state index in [1.807, 2.05) is 6.92 Å². The fourth-order valence-electron chi connectivity index (χ4n) is 8.44. The number of hydrogen-bond donors (Lipinski definition) is 2. The molecule has 4 aliphatic carbocycles. The Balaban J connectivity index is 1.66. The zero-order valence-corrected chi connectivity index (χ0v) is 18.4. The Morgan fingerprint density at radius 3 is 2.87 bits per heavy atom. The molecule has 1 saturated carbocycles. The van der Waals surface area contributed by atoms with E-state index in [9.17, 15) is 10.2 Å². The van der Waals surface area contributed by atoms with Crippen molar-refractivity contribution in [3.63, 3.8) is 0 Å². The third-order valence-corrected chi connectivity index (χ3v) is 9.58. The molecule has 162 valence electrons. The molecule has 30 heavy (non-hydrogen) atoms. The van der Waals surface area contributed by atoms with Gasteiger partial charge in [0, 0.05) is 30.0 Å². The van der Waals surface area contributed by atoms with E-state index in [0.717, 1.165) is 38.6 Å². The van der Waals surface area contributed by atoms with E-state index < -0.39 is 11.2 Å². The third kappa shape index (κ3) is 1.80. The summed E-state index contributed by atoms with van der Waals surface area (Å²) < 4.78 is 13.1. The number of aromatic hydroxyl groups is 1. The maximum Gasteiger partial charge on any atom is 0.165 e. The van der Waals surface area contributed by atoms with E-state index in [1.54, 1.807) is 13.2 Å². The van der Waals surface area contributed by atoms with Crippen LogP contribution in [0.5, 0.6) is 11.5 Å². The molecule has 6 aliphatic rings. The summed E-state index contributed by atoms with van der Waals surface area (Å²) in [4.78, 5) is 2.51. The maximum atomic E-state index is 11.7. The van der Waals surface area contributed by atoms with Gasteiger partial charge in [-0.05, 0) is 57.8 Å². The minimum atomic E-state index is -0.850. The van der Waals surface area contributed by atoms with E-state index in [-0.39, 0.29) is 28.6 Å². The van der Waals surface area contributed by atoms with Crippen LogP contribution in [0.25, 0.3) is 0 Å². The number of phenols is 1. The lowest BCUT2D eigenvalue weighted by Crippen LogP contribution is -2.80. The number of rotatable bonds is 4. The Hall–Kier alpha value is -1.56. The molecule has 1 aromatic rings. The Morgan fingerprint density at radius 2 is 2.13 bits per heavy atom. The van der Waals surface area contributed by atoms with Crippen molar-refractivity contribution in [1.29, 1.82) is 0 Å². The third-order valence-electron chi connectivity index (χ3n) is 9.58. The van der Waals surface area contributed by atoms with Crippen molar-refractivity contribution in [2.24, 2.45) is 11.3 Å². The van der Waals surface area contributed by atoms with Gasteiger partial charge in [0.05, 0.1) is 11.0 Å². The Labute approximate surface area is 178 Å². The first-order chi connectivity index (χ1) is 14.3. The summed E-state index contributed by atoms with van der Waals surface area (Å²) in [6.07, 6.45) is 8.86. The number of likely N-dealkylation sites (tertiary alicyclic amines) is 1. The predicted octanol–water partition coefficient (Wildman–Crippen LogP) is 3.16. The second-order valence-electron chi connectivity index (χ2n) is 10.7. The van der Waals surface area contributed by atoms with Gasteiger partial charge >= 0.3 is 0 Å². The van der Waals surface area contributed by atoms with Crippen LogP contribution in [0, 0.1) is 11.3 Å². The summed E-state index contributed by atoms with van der Waals surface area (Å²) in [6, 6.07) is 4.23. The number of hydrogen-bond acceptors (Lipinski definition) is 5. The second-order valence-corrected chi connectivity index (χ2v) is 10.7. The van der Waals surface area contributed by atoms with Crippen LogP contribution in [-0.4, -0.2) is 59.2 Å². The number of fused-ring (bicyclic) bond motifs is 1. The Kier molecular flexibility index (Phi) is 3.59. The summed E-state index contributed by atoms with van der Waals surface area (Å²) in [5.41, 5.74) is 0.625. The van der Waals surface area contributed by atoms with Crippen LogP contribution in [0.15, 0.2) is 24.3 Å². The van der Waals surface area contributed by atoms with Gasteiger partial charge in [-0.15, -0.1) is 0 Å². The number of ether oxygens (including phenoxy) is 2. The lowest BCUT2D eigenvalue weighted by atomic mass is 9.36. The van der Waals surface area contributed by atoms with Crippen molar-refractivity contribution in [2.45, 2.75) is 74.7 Å². The fourth-order valence-corrected chi connectivity index (χ4v) is 8.44. The van der Waals surface area contributed by atoms with E-state index in [0.29, 0.717) is 11.8 Å². The van der Waals surface area contributed by atoms with Crippen molar-refractivity contribution >= 4 is 0 Å². The zero-order chi connectivity index (χ0) is 21.1. The number of methoxy groups -OCH3 is 1. The fraction of sp³-hybridized carbons (Fsp3) is 0.680. The Morgan fingerprint density at radius 1 is 1.33 bits per heavy atom. The summed E-state index contributed by atoms with van der Waals surface area (Å²) >= 11 is 0. The molecule has 5 heteroatoms. The average molecular weight is 412 g/mol. The molecule has 2 aliphatic heterocycles. The van der Waals surface area contributed by atoms with Crippen LogP contribution < -0.4 is 4.74 Å². The molecule has 2 fully saturated rings. The standard InChI is InChI=1S/C25H33NO4/c1-5-8-22(2,28)17-14-23-9-10-25(17,29-4)21-24(23)11-12-26(3)18(23)13-15-6-7-16(27)20(30-21)19(15)24/h6-7,9-10,17-18,21,27-28H,5,8,11-14H2,1-4H3/t17-,18-,21-,22?,23-,24+,25+/m1/s1. The van der Waals surface area contributed by atoms with E-state index in [2.05, 4.69) is 37.1 Å². The highest BCUT2D eigenvalue weighted by molar-refractivity contribution is 5.65. The molecule has 1 unspecified atom stereocenters. The van der Waals surface area contributed by atoms with E-state index >= 15 is 0 Å². The van der Waals surface area contributed by atoms with Crippen molar-refractivity contribution in [2.75, 3.05) is 20.7 Å². The first-order valence-corrected chi connectivity index (χ1v) is 11.5. The second kappa shape index (κ2) is 5.62. The molecule has 5 nitrogen and oxygen atoms in total. The topological polar surface area (TPSA) is 62.2 Å². The number of likely N-dealkylation sites (N-methyl/N-ethyl adjacent to an activating group) is 1. The van der Waals surface area contributed by atoms with Crippen LogP contribution in [0.1, 0.15) is 50.7 Å². The Bertz CT molecular complexity index is 957. The molecule has 1 saturated heterocycles. The van der Waals surface area contributed by atoms with Crippen LogP contribution in [0.3, 0.4) is 0 Å². The summed E-state index contributed by atoms with van der Waals surface area (Å²) in [7, 11) is 4.00. The molecule has 0 amide bonds. The van der Waals surface area contributed by atoms with Crippen molar-refractivity contribution in [1.82, 2.24) is 4.90 Å². The SMILES string of the molecule is CCCC(C)(O)[C@H]1C[C@@]23C=C[C@@]1(OC)[C@@H]1Oc4c(O)ccc5c4[C@@]12CCN(C)[C@@H]3C5. The predicted molar refractivity (Wildman–Crippen MR) is 114 cm³/mol. The lowest BCUT2D eigenvalue weighted by Gasteiger charge is -2.72. The van der Waals surface area contributed by atoms with Crippen molar-refractivity contribution in [3.05, 3.63) is 35.4 Å². The zero-order valence-electron chi connectivity index (χ0n) is 18.4. The number of aliphatic hydroxyl groups is 1. The number of nitrogens with zero attached hydrogens (tertiary/aromatic N) is 1. The summed E-state index contributed by atoms with van der Waals surface area (Å²) in [5.74, 6) is 0.823. The molecule has 2 spiro atoms. The van der Waals surface area contributed by atoms with Crippen LogP contribution in [0.2, 0.25) is 0 Å². The maximum absolute atomic E-state index is 11.7. The molecule has 7 atom stereocenters. The number of piperidine rings is 1. The van der Waals surface area contributed by atoms with Crippen LogP contribution in [-0.2, 0) is 16.6 Å². The molecule has 0 radical (unpaired) electrons. The lowest BCUT2D eigenvalue weighted by molar-refractivity contribution is -0.247. The highest BCUT2D eigenvalue weighted by Gasteiger charge is 2.80. The van der Waals surface area contributed by atoms with Gasteiger partial charge in [-0.25, -0.2) is 0 Å².